The molecule has 0 saturated carbocycles. The molecule has 9 heteroatoms. The second-order valence-electron chi connectivity index (χ2n) is 8.53. The SMILES string of the molecule is Cc1cc(N2CCC(COP(O)O)CC2)c2c(C)cn(-c3c(C)cc(Br)cc3C)c2n1.P. The summed E-state index contributed by atoms with van der Waals surface area (Å²) in [5, 5.41) is 1.20. The minimum atomic E-state index is -2.27. The van der Waals surface area contributed by atoms with E-state index in [0.717, 1.165) is 41.7 Å². The number of halogens is 1. The van der Waals surface area contributed by atoms with Gasteiger partial charge in [-0.2, -0.15) is 9.90 Å². The van der Waals surface area contributed by atoms with Gasteiger partial charge in [0.2, 0.25) is 0 Å². The molecule has 32 heavy (non-hydrogen) atoms. The van der Waals surface area contributed by atoms with Gasteiger partial charge in [0.25, 0.3) is 0 Å². The fraction of sp³-hybridized carbons (Fsp3) is 0.435. The number of anilines is 1. The number of aryl methyl sites for hydroxylation is 4. The molecule has 2 N–H and O–H groups in total. The largest absolute Gasteiger partial charge is 0.371 e. The molecule has 1 fully saturated rings. The maximum Gasteiger partial charge on any atom is 0.327 e. The van der Waals surface area contributed by atoms with Crippen LogP contribution in [0.3, 0.4) is 0 Å². The molecule has 1 aliphatic heterocycles. The molecule has 174 valence electrons. The van der Waals surface area contributed by atoms with E-state index in [1.165, 1.54) is 33.5 Å². The van der Waals surface area contributed by atoms with Crippen LogP contribution in [0.15, 0.2) is 28.9 Å². The first-order chi connectivity index (χ1) is 14.7. The number of piperidine rings is 1. The number of aromatic nitrogens is 2. The second kappa shape index (κ2) is 10.5. The van der Waals surface area contributed by atoms with E-state index >= 15 is 0 Å². The van der Waals surface area contributed by atoms with E-state index in [4.69, 9.17) is 19.3 Å². The number of pyridine rings is 1. The van der Waals surface area contributed by atoms with Gasteiger partial charge >= 0.3 is 8.60 Å². The maximum absolute atomic E-state index is 9.02. The summed E-state index contributed by atoms with van der Waals surface area (Å²) >= 11 is 3.61. The van der Waals surface area contributed by atoms with Crippen molar-refractivity contribution in [1.29, 1.82) is 0 Å². The van der Waals surface area contributed by atoms with E-state index in [-0.39, 0.29) is 9.90 Å². The van der Waals surface area contributed by atoms with Gasteiger partial charge in [0.15, 0.2) is 0 Å². The Balaban J connectivity index is 0.00000289. The first kappa shape index (κ1) is 25.6. The summed E-state index contributed by atoms with van der Waals surface area (Å²) in [4.78, 5) is 25.4. The van der Waals surface area contributed by atoms with Crippen LogP contribution in [-0.4, -0.2) is 39.0 Å². The number of nitrogens with zero attached hydrogens (tertiary/aromatic N) is 3. The molecule has 1 atom stereocenters. The third kappa shape index (κ3) is 5.19. The zero-order valence-electron chi connectivity index (χ0n) is 19.1. The first-order valence-electron chi connectivity index (χ1n) is 10.6. The highest BCUT2D eigenvalue weighted by atomic mass is 79.9. The molecule has 1 aliphatic rings. The minimum absolute atomic E-state index is 0. The summed E-state index contributed by atoms with van der Waals surface area (Å²) in [6.07, 6.45) is 4.14. The number of rotatable bonds is 5. The van der Waals surface area contributed by atoms with Gasteiger partial charge < -0.3 is 23.8 Å². The fourth-order valence-corrected chi connectivity index (χ4v) is 5.76. The molecule has 1 unspecified atom stereocenters. The third-order valence-corrected chi connectivity index (χ3v) is 6.97. The number of benzene rings is 1. The van der Waals surface area contributed by atoms with Gasteiger partial charge in [0, 0.05) is 40.5 Å². The van der Waals surface area contributed by atoms with Crippen LogP contribution < -0.4 is 4.90 Å². The monoisotopic (exact) mass is 539 g/mol. The molecular weight excluding hydrogens is 508 g/mol. The molecule has 0 radical (unpaired) electrons. The van der Waals surface area contributed by atoms with Gasteiger partial charge in [0.05, 0.1) is 12.3 Å². The van der Waals surface area contributed by atoms with Gasteiger partial charge in [-0.25, -0.2) is 4.98 Å². The van der Waals surface area contributed by atoms with Crippen LogP contribution in [0.5, 0.6) is 0 Å². The molecular formula is C23H32BrN3O3P2. The van der Waals surface area contributed by atoms with Crippen molar-refractivity contribution in [1.82, 2.24) is 9.55 Å². The fourth-order valence-electron chi connectivity index (χ4n) is 4.73. The zero-order chi connectivity index (χ0) is 22.3. The Morgan fingerprint density at radius 1 is 1.06 bits per heavy atom. The Kier molecular flexibility index (Phi) is 8.35. The predicted octanol–water partition coefficient (Wildman–Crippen LogP) is 5.52. The van der Waals surface area contributed by atoms with Crippen molar-refractivity contribution in [3.63, 3.8) is 0 Å². The van der Waals surface area contributed by atoms with Crippen molar-refractivity contribution in [3.8, 4) is 5.69 Å². The predicted molar refractivity (Wildman–Crippen MR) is 141 cm³/mol. The lowest BCUT2D eigenvalue weighted by Crippen LogP contribution is -2.35. The van der Waals surface area contributed by atoms with E-state index < -0.39 is 8.60 Å². The Morgan fingerprint density at radius 3 is 2.28 bits per heavy atom. The highest BCUT2D eigenvalue weighted by Crippen LogP contribution is 2.37. The summed E-state index contributed by atoms with van der Waals surface area (Å²) in [5.41, 5.74) is 8.06. The smallest absolute Gasteiger partial charge is 0.327 e. The molecule has 1 aromatic carbocycles. The number of hydrogen-bond acceptors (Lipinski definition) is 5. The van der Waals surface area contributed by atoms with Crippen LogP contribution in [0.4, 0.5) is 5.69 Å². The average molecular weight is 540 g/mol. The lowest BCUT2D eigenvalue weighted by atomic mass is 9.97. The second-order valence-corrected chi connectivity index (χ2v) is 10.2. The molecule has 3 heterocycles. The van der Waals surface area contributed by atoms with E-state index in [9.17, 15) is 0 Å². The third-order valence-electron chi connectivity index (χ3n) is 6.13. The quantitative estimate of drug-likeness (QED) is 0.417. The summed E-state index contributed by atoms with van der Waals surface area (Å²) in [6.45, 7) is 10.8. The van der Waals surface area contributed by atoms with Crippen molar-refractivity contribution >= 4 is 51.2 Å². The topological polar surface area (TPSA) is 70.8 Å². The Hall–Kier alpha value is -1.07. The van der Waals surface area contributed by atoms with Crippen molar-refractivity contribution in [2.75, 3.05) is 24.6 Å². The van der Waals surface area contributed by atoms with Crippen molar-refractivity contribution in [2.45, 2.75) is 40.5 Å². The molecule has 6 nitrogen and oxygen atoms in total. The summed E-state index contributed by atoms with van der Waals surface area (Å²) in [7, 11) is -2.27. The normalized spacial score (nSPS) is 14.9. The Labute approximate surface area is 202 Å². The Morgan fingerprint density at radius 2 is 1.69 bits per heavy atom. The summed E-state index contributed by atoms with van der Waals surface area (Å²) in [6, 6.07) is 6.49. The Bertz CT molecular complexity index is 1090. The number of hydrogen-bond donors (Lipinski definition) is 2. The number of fused-ring (bicyclic) bond motifs is 1. The van der Waals surface area contributed by atoms with Crippen molar-refractivity contribution < 1.29 is 14.3 Å². The van der Waals surface area contributed by atoms with Gasteiger partial charge in [-0.1, -0.05) is 15.9 Å². The van der Waals surface area contributed by atoms with E-state index in [2.05, 4.69) is 77.5 Å². The summed E-state index contributed by atoms with van der Waals surface area (Å²) in [5.74, 6) is 0.359. The molecule has 4 rings (SSSR count). The van der Waals surface area contributed by atoms with Crippen LogP contribution in [-0.2, 0) is 4.52 Å². The zero-order valence-corrected chi connectivity index (χ0v) is 23.0. The van der Waals surface area contributed by atoms with Crippen LogP contribution in [0.25, 0.3) is 16.7 Å². The lowest BCUT2D eigenvalue weighted by molar-refractivity contribution is 0.194. The first-order valence-corrected chi connectivity index (χ1v) is 12.5. The van der Waals surface area contributed by atoms with Gasteiger partial charge in [-0.3, -0.25) is 0 Å². The molecule has 1 saturated heterocycles. The molecule has 2 aromatic heterocycles. The van der Waals surface area contributed by atoms with Crippen LogP contribution >= 0.6 is 34.4 Å². The molecule has 0 amide bonds. The van der Waals surface area contributed by atoms with E-state index in [0.29, 0.717) is 12.5 Å². The van der Waals surface area contributed by atoms with Crippen LogP contribution in [0.1, 0.15) is 35.2 Å². The van der Waals surface area contributed by atoms with E-state index in [1.807, 2.05) is 0 Å². The maximum atomic E-state index is 9.02. The van der Waals surface area contributed by atoms with Gasteiger partial charge in [-0.15, -0.1) is 0 Å². The highest BCUT2D eigenvalue weighted by molar-refractivity contribution is 9.10. The lowest BCUT2D eigenvalue weighted by Gasteiger charge is -2.34. The van der Waals surface area contributed by atoms with Crippen LogP contribution in [0, 0.1) is 33.6 Å². The molecule has 0 bridgehead atoms. The average Bonchev–Trinajstić information content (AvgIpc) is 3.01. The van der Waals surface area contributed by atoms with Crippen molar-refractivity contribution in [3.05, 3.63) is 51.3 Å². The summed E-state index contributed by atoms with van der Waals surface area (Å²) < 4.78 is 8.38. The van der Waals surface area contributed by atoms with Crippen LogP contribution in [0.2, 0.25) is 0 Å². The molecule has 0 aliphatic carbocycles. The molecule has 3 aromatic rings. The van der Waals surface area contributed by atoms with Crippen molar-refractivity contribution in [2.24, 2.45) is 5.92 Å². The van der Waals surface area contributed by atoms with Gasteiger partial charge in [-0.05, 0) is 81.3 Å². The highest BCUT2D eigenvalue weighted by Gasteiger charge is 2.24. The van der Waals surface area contributed by atoms with E-state index in [1.54, 1.807) is 0 Å². The van der Waals surface area contributed by atoms with Gasteiger partial charge in [0.1, 0.15) is 5.65 Å². The minimum Gasteiger partial charge on any atom is -0.371 e. The standard InChI is InChI=1S/C23H29BrN3O3P.H3P/c1-14-9-19(24)10-15(2)22(14)27-12-16(3)21-20(11-17(4)25-23(21)27)26-7-5-18(6-8-26)13-30-31(28)29;/h9-12,18,28-29H,5-8,13H2,1-4H3;1H3. The molecule has 0 spiro atoms.